The van der Waals surface area contributed by atoms with Crippen molar-refractivity contribution in [1.82, 2.24) is 14.8 Å². The quantitative estimate of drug-likeness (QED) is 0.414. The van der Waals surface area contributed by atoms with E-state index >= 15 is 0 Å². The lowest BCUT2D eigenvalue weighted by Gasteiger charge is -2.44. The van der Waals surface area contributed by atoms with E-state index in [1.54, 1.807) is 30.3 Å². The van der Waals surface area contributed by atoms with Gasteiger partial charge in [0, 0.05) is 48.2 Å². The Morgan fingerprint density at radius 3 is 2.57 bits per heavy atom. The highest BCUT2D eigenvalue weighted by Crippen LogP contribution is 2.31. The Morgan fingerprint density at radius 1 is 1.11 bits per heavy atom. The zero-order chi connectivity index (χ0) is 26.5. The Hall–Kier alpha value is -3.21. The first-order valence-corrected chi connectivity index (χ1v) is 13.0. The normalized spacial score (nSPS) is 18.0. The van der Waals surface area contributed by atoms with Crippen LogP contribution in [0.1, 0.15) is 34.9 Å². The minimum atomic E-state index is -1.10. The average Bonchev–Trinajstić information content (AvgIpc) is 3.35. The number of thiazole rings is 1. The van der Waals surface area contributed by atoms with Crippen LogP contribution in [-0.2, 0) is 17.9 Å². The second kappa shape index (κ2) is 11.9. The summed E-state index contributed by atoms with van der Waals surface area (Å²) in [6.45, 7) is 5.84. The van der Waals surface area contributed by atoms with E-state index in [0.29, 0.717) is 41.2 Å². The van der Waals surface area contributed by atoms with Gasteiger partial charge < -0.3 is 19.5 Å². The molecule has 1 saturated heterocycles. The maximum Gasteiger partial charge on any atom is 0.355 e. The Balaban J connectivity index is 1.34. The molecule has 2 heterocycles. The Morgan fingerprint density at radius 2 is 1.86 bits per heavy atom. The third-order valence-corrected chi connectivity index (χ3v) is 7.17. The number of carbonyl (C=O) groups excluding carboxylic acids is 1. The number of aromatic nitrogens is 1. The number of benzene rings is 2. The van der Waals surface area contributed by atoms with Gasteiger partial charge in [-0.1, -0.05) is 23.7 Å². The number of nitrogens with zero attached hydrogens (tertiary/aromatic N) is 3. The number of piperazine rings is 1. The highest BCUT2D eigenvalue weighted by atomic mass is 35.5. The van der Waals surface area contributed by atoms with E-state index in [0.717, 1.165) is 5.56 Å². The number of halogens is 2. The van der Waals surface area contributed by atoms with Crippen LogP contribution in [0.2, 0.25) is 5.02 Å². The number of hydrogen-bond acceptors (Lipinski definition) is 7. The number of ether oxygens (including phenoxy) is 2. The van der Waals surface area contributed by atoms with Crippen molar-refractivity contribution in [2.75, 3.05) is 19.7 Å². The number of hydrogen-bond donors (Lipinski definition) is 1. The van der Waals surface area contributed by atoms with Gasteiger partial charge in [0.2, 0.25) is 0 Å². The fraction of sp³-hybridized carbons (Fsp3) is 0.346. The smallest absolute Gasteiger partial charge is 0.355 e. The zero-order valence-electron chi connectivity index (χ0n) is 20.4. The summed E-state index contributed by atoms with van der Waals surface area (Å²) in [6, 6.07) is 11.4. The number of carbonyl (C=O) groups is 2. The third kappa shape index (κ3) is 6.97. The number of aromatic carboxylic acids is 1. The van der Waals surface area contributed by atoms with Gasteiger partial charge >= 0.3 is 5.97 Å². The van der Waals surface area contributed by atoms with Crippen molar-refractivity contribution >= 4 is 34.8 Å². The van der Waals surface area contributed by atoms with Gasteiger partial charge in [-0.25, -0.2) is 14.2 Å². The molecule has 1 fully saturated rings. The van der Waals surface area contributed by atoms with E-state index < -0.39 is 5.97 Å². The van der Waals surface area contributed by atoms with Crippen molar-refractivity contribution in [3.8, 4) is 11.5 Å². The van der Waals surface area contributed by atoms with Crippen molar-refractivity contribution in [3.05, 3.63) is 74.9 Å². The van der Waals surface area contributed by atoms with Crippen LogP contribution in [0.3, 0.4) is 0 Å². The first-order valence-electron chi connectivity index (χ1n) is 11.7. The highest BCUT2D eigenvalue weighted by molar-refractivity contribution is 7.09. The summed E-state index contributed by atoms with van der Waals surface area (Å²) in [6.07, 6.45) is 0. The molecule has 3 aromatic rings. The van der Waals surface area contributed by atoms with Gasteiger partial charge in [0.15, 0.2) is 23.8 Å². The van der Waals surface area contributed by atoms with Crippen LogP contribution in [0.4, 0.5) is 4.39 Å². The molecule has 8 nitrogen and oxygen atoms in total. The molecule has 0 radical (unpaired) electrons. The SMILES string of the molecule is CC1CN(C(=O)COc2ccc(Cl)cc2OCc2nc(C(=O)O)cs2)C(C)CN1Cc1ccc(F)cc1. The van der Waals surface area contributed by atoms with Crippen LogP contribution in [-0.4, -0.2) is 63.5 Å². The van der Waals surface area contributed by atoms with E-state index in [-0.39, 0.29) is 42.7 Å². The van der Waals surface area contributed by atoms with Crippen molar-refractivity contribution in [3.63, 3.8) is 0 Å². The van der Waals surface area contributed by atoms with Crippen LogP contribution in [0.25, 0.3) is 0 Å². The van der Waals surface area contributed by atoms with Crippen LogP contribution in [0, 0.1) is 5.82 Å². The lowest BCUT2D eigenvalue weighted by atomic mass is 10.1. The van der Waals surface area contributed by atoms with E-state index in [2.05, 4.69) is 16.8 Å². The number of carboxylic acids is 1. The molecule has 37 heavy (non-hydrogen) atoms. The summed E-state index contributed by atoms with van der Waals surface area (Å²) in [5, 5.41) is 11.4. The molecular formula is C26H27ClFN3O5S. The van der Waals surface area contributed by atoms with E-state index in [9.17, 15) is 14.0 Å². The van der Waals surface area contributed by atoms with Crippen LogP contribution < -0.4 is 9.47 Å². The first-order chi connectivity index (χ1) is 17.7. The van der Waals surface area contributed by atoms with Gasteiger partial charge in [0.1, 0.15) is 17.4 Å². The second-order valence-electron chi connectivity index (χ2n) is 8.90. The molecule has 0 bridgehead atoms. The molecule has 196 valence electrons. The molecule has 1 aromatic heterocycles. The van der Waals surface area contributed by atoms with Gasteiger partial charge in [-0.2, -0.15) is 0 Å². The molecule has 1 amide bonds. The van der Waals surface area contributed by atoms with Gasteiger partial charge in [-0.15, -0.1) is 11.3 Å². The molecule has 11 heteroatoms. The van der Waals surface area contributed by atoms with Crippen molar-refractivity contribution in [2.45, 2.75) is 39.1 Å². The Kier molecular flexibility index (Phi) is 8.63. The molecule has 0 saturated carbocycles. The fourth-order valence-corrected chi connectivity index (χ4v) is 4.98. The lowest BCUT2D eigenvalue weighted by molar-refractivity contribution is -0.139. The number of rotatable bonds is 9. The molecule has 0 aliphatic carbocycles. The highest BCUT2D eigenvalue weighted by Gasteiger charge is 2.32. The monoisotopic (exact) mass is 547 g/mol. The molecule has 0 spiro atoms. The van der Waals surface area contributed by atoms with Crippen LogP contribution in [0.5, 0.6) is 11.5 Å². The maximum absolute atomic E-state index is 13.2. The minimum Gasteiger partial charge on any atom is -0.482 e. The summed E-state index contributed by atoms with van der Waals surface area (Å²) in [5.74, 6) is -0.827. The Bertz CT molecular complexity index is 1260. The standard InChI is InChI=1S/C26H27ClFN3O5S/c1-16-11-31(17(2)10-30(16)12-18-3-6-20(28)7-4-18)25(32)14-36-22-8-5-19(27)9-23(22)35-13-24-29-21(15-37-24)26(33)34/h3-9,15-17H,10-14H2,1-2H3,(H,33,34). The lowest BCUT2D eigenvalue weighted by Crippen LogP contribution is -2.58. The summed E-state index contributed by atoms with van der Waals surface area (Å²) in [7, 11) is 0. The van der Waals surface area contributed by atoms with E-state index in [1.807, 2.05) is 11.8 Å². The van der Waals surface area contributed by atoms with Gasteiger partial charge in [-0.3, -0.25) is 9.69 Å². The van der Waals surface area contributed by atoms with Crippen LogP contribution >= 0.6 is 22.9 Å². The van der Waals surface area contributed by atoms with Gasteiger partial charge in [-0.05, 0) is 43.7 Å². The summed E-state index contributed by atoms with van der Waals surface area (Å²) >= 11 is 7.29. The van der Waals surface area contributed by atoms with Gasteiger partial charge in [0.05, 0.1) is 0 Å². The van der Waals surface area contributed by atoms with E-state index in [1.165, 1.54) is 28.8 Å². The predicted octanol–water partition coefficient (Wildman–Crippen LogP) is 4.71. The van der Waals surface area contributed by atoms with Crippen molar-refractivity contribution in [2.24, 2.45) is 0 Å². The molecule has 1 aliphatic heterocycles. The number of carboxylic acid groups (broad SMARTS) is 1. The largest absolute Gasteiger partial charge is 0.482 e. The predicted molar refractivity (Wildman–Crippen MR) is 138 cm³/mol. The van der Waals surface area contributed by atoms with Crippen molar-refractivity contribution in [1.29, 1.82) is 0 Å². The molecule has 2 atom stereocenters. The van der Waals surface area contributed by atoms with Crippen LogP contribution in [0.15, 0.2) is 47.8 Å². The third-order valence-electron chi connectivity index (χ3n) is 6.11. The Labute approximate surface area is 223 Å². The first kappa shape index (κ1) is 26.8. The molecule has 1 aliphatic rings. The average molecular weight is 548 g/mol. The van der Waals surface area contributed by atoms with Crippen molar-refractivity contribution < 1.29 is 28.6 Å². The van der Waals surface area contributed by atoms with E-state index in [4.69, 9.17) is 26.2 Å². The number of amides is 1. The molecule has 2 unspecified atom stereocenters. The summed E-state index contributed by atoms with van der Waals surface area (Å²) in [5.41, 5.74) is 0.980. The van der Waals surface area contributed by atoms with Gasteiger partial charge in [0.25, 0.3) is 5.91 Å². The summed E-state index contributed by atoms with van der Waals surface area (Å²) in [4.78, 5) is 32.2. The zero-order valence-corrected chi connectivity index (χ0v) is 22.0. The minimum absolute atomic E-state index is 0.0259. The molecule has 2 aromatic carbocycles. The fourth-order valence-electron chi connectivity index (χ4n) is 4.14. The molecule has 1 N–H and O–H groups in total. The summed E-state index contributed by atoms with van der Waals surface area (Å²) < 4.78 is 24.8. The molecule has 4 rings (SSSR count). The second-order valence-corrected chi connectivity index (χ2v) is 10.3. The topological polar surface area (TPSA) is 92.2 Å². The maximum atomic E-state index is 13.2. The molecular weight excluding hydrogens is 521 g/mol.